The van der Waals surface area contributed by atoms with Crippen LogP contribution in [0.5, 0.6) is 0 Å². The van der Waals surface area contributed by atoms with Crippen LogP contribution in [-0.4, -0.2) is 4.98 Å². The average molecular weight is 155 g/mol. The van der Waals surface area contributed by atoms with Crippen molar-refractivity contribution in [2.45, 2.75) is 6.92 Å². The fourth-order valence-corrected chi connectivity index (χ4v) is 0.711. The highest BCUT2D eigenvalue weighted by molar-refractivity contribution is 6.31. The number of nitrogens with zero attached hydrogens (tertiary/aromatic N) is 3. The van der Waals surface area contributed by atoms with Crippen LogP contribution in [0.25, 0.3) is 4.98 Å². The van der Waals surface area contributed by atoms with Crippen LogP contribution < -0.4 is 0 Å². The van der Waals surface area contributed by atoms with Gasteiger partial charge in [-0.2, -0.15) is 0 Å². The number of aryl methyl sites for hydroxylation is 1. The lowest BCUT2D eigenvalue weighted by atomic mass is 10.3. The standard InChI is InChI=1S/C6H5ClN3/c1-4-6(7)2-5(10-8)3-9-4/h2-3H,1H3/q+1. The zero-order chi connectivity index (χ0) is 7.56. The van der Waals surface area contributed by atoms with E-state index in [1.165, 1.54) is 6.20 Å². The van der Waals surface area contributed by atoms with Gasteiger partial charge in [-0.05, 0) is 6.92 Å². The van der Waals surface area contributed by atoms with Crippen LogP contribution >= 0.6 is 11.6 Å². The van der Waals surface area contributed by atoms with Crippen LogP contribution in [-0.2, 0) is 0 Å². The predicted octanol–water partition coefficient (Wildman–Crippen LogP) is 2.53. The maximum absolute atomic E-state index is 8.28. The molecule has 0 unspecified atom stereocenters. The van der Waals surface area contributed by atoms with Crippen molar-refractivity contribution in [2.24, 2.45) is 0 Å². The van der Waals surface area contributed by atoms with Gasteiger partial charge in [0, 0.05) is 0 Å². The second-order valence-corrected chi connectivity index (χ2v) is 2.27. The molecule has 0 atom stereocenters. The summed E-state index contributed by atoms with van der Waals surface area (Å²) in [4.78, 5) is 6.79. The van der Waals surface area contributed by atoms with E-state index < -0.39 is 0 Å². The molecule has 4 heteroatoms. The van der Waals surface area contributed by atoms with Gasteiger partial charge in [0.1, 0.15) is 6.20 Å². The van der Waals surface area contributed by atoms with Crippen molar-refractivity contribution >= 4 is 17.3 Å². The van der Waals surface area contributed by atoms with Crippen molar-refractivity contribution in [3.63, 3.8) is 0 Å². The lowest BCUT2D eigenvalue weighted by Gasteiger charge is -1.88. The molecule has 0 saturated carbocycles. The number of hydrogen-bond donors (Lipinski definition) is 0. The van der Waals surface area contributed by atoms with Gasteiger partial charge in [-0.3, -0.25) is 4.98 Å². The molecule has 0 radical (unpaired) electrons. The Morgan fingerprint density at radius 2 is 2.40 bits per heavy atom. The van der Waals surface area contributed by atoms with Crippen LogP contribution in [0.15, 0.2) is 12.3 Å². The van der Waals surface area contributed by atoms with E-state index in [2.05, 4.69) is 9.96 Å². The second kappa shape index (κ2) is 2.63. The predicted molar refractivity (Wildman–Crippen MR) is 38.7 cm³/mol. The first-order valence-corrected chi connectivity index (χ1v) is 3.09. The lowest BCUT2D eigenvalue weighted by Crippen LogP contribution is -1.78. The Balaban J connectivity index is 3.20. The molecule has 0 aliphatic rings. The molecule has 1 rings (SSSR count). The number of diazo groups is 1. The fourth-order valence-electron chi connectivity index (χ4n) is 0.551. The monoisotopic (exact) mass is 154 g/mol. The summed E-state index contributed by atoms with van der Waals surface area (Å²) in [6.45, 7) is 1.78. The SMILES string of the molecule is Cc1ncc([N+]#N)cc1Cl. The van der Waals surface area contributed by atoms with Crippen molar-refractivity contribution in [2.75, 3.05) is 0 Å². The summed E-state index contributed by atoms with van der Waals surface area (Å²) in [6, 6.07) is 1.55. The number of pyridine rings is 1. The third-order valence-corrected chi connectivity index (χ3v) is 1.51. The van der Waals surface area contributed by atoms with Crippen LogP contribution in [0, 0.1) is 12.3 Å². The Hall–Kier alpha value is -1.14. The van der Waals surface area contributed by atoms with Gasteiger partial charge in [-0.15, -0.1) is 0 Å². The molecule has 0 bridgehead atoms. The van der Waals surface area contributed by atoms with Gasteiger partial charge in [0.25, 0.3) is 0 Å². The largest absolute Gasteiger partial charge is 0.404 e. The molecule has 0 saturated heterocycles. The van der Waals surface area contributed by atoms with E-state index in [0.717, 1.165) is 5.69 Å². The Morgan fingerprint density at radius 1 is 1.70 bits per heavy atom. The molecule has 1 heterocycles. The molecule has 1 aromatic heterocycles. The van der Waals surface area contributed by atoms with Crippen LogP contribution in [0.1, 0.15) is 5.69 Å². The molecule has 0 aromatic carbocycles. The Kier molecular flexibility index (Phi) is 1.83. The van der Waals surface area contributed by atoms with E-state index in [1.807, 2.05) is 0 Å². The number of rotatable bonds is 0. The smallest absolute Gasteiger partial charge is 0.252 e. The highest BCUT2D eigenvalue weighted by atomic mass is 35.5. The zero-order valence-electron chi connectivity index (χ0n) is 5.37. The minimum absolute atomic E-state index is 0.371. The summed E-state index contributed by atoms with van der Waals surface area (Å²) < 4.78 is 0. The molecule has 1 aromatic rings. The van der Waals surface area contributed by atoms with Gasteiger partial charge in [-0.25, -0.2) is 0 Å². The highest BCUT2D eigenvalue weighted by Gasteiger charge is 2.06. The topological polar surface area (TPSA) is 41.0 Å². The quantitative estimate of drug-likeness (QED) is 0.539. The Bertz CT molecular complexity index is 290. The van der Waals surface area contributed by atoms with Gasteiger partial charge in [0.2, 0.25) is 5.39 Å². The van der Waals surface area contributed by atoms with Gasteiger partial charge < -0.3 is 0 Å². The van der Waals surface area contributed by atoms with Crippen molar-refractivity contribution in [1.82, 2.24) is 4.98 Å². The number of aromatic nitrogens is 1. The maximum atomic E-state index is 8.28. The molecule has 50 valence electrons. The zero-order valence-corrected chi connectivity index (χ0v) is 6.13. The fraction of sp³-hybridized carbons (Fsp3) is 0.167. The number of halogens is 1. The third-order valence-electron chi connectivity index (χ3n) is 1.13. The summed E-state index contributed by atoms with van der Waals surface area (Å²) in [7, 11) is 0. The van der Waals surface area contributed by atoms with Gasteiger partial charge in [0.15, 0.2) is 4.98 Å². The molecule has 0 amide bonds. The summed E-state index contributed by atoms with van der Waals surface area (Å²) >= 11 is 5.66. The highest BCUT2D eigenvalue weighted by Crippen LogP contribution is 2.18. The van der Waals surface area contributed by atoms with Crippen LogP contribution in [0.2, 0.25) is 5.02 Å². The molecule has 0 aliphatic carbocycles. The van der Waals surface area contributed by atoms with E-state index in [-0.39, 0.29) is 0 Å². The molecule has 0 aliphatic heterocycles. The first-order valence-electron chi connectivity index (χ1n) is 2.71. The van der Waals surface area contributed by atoms with Gasteiger partial charge >= 0.3 is 5.69 Å². The summed E-state index contributed by atoms with van der Waals surface area (Å²) in [5.41, 5.74) is 1.10. The molecule has 10 heavy (non-hydrogen) atoms. The Labute approximate surface area is 63.3 Å². The van der Waals surface area contributed by atoms with Crippen molar-refractivity contribution in [3.8, 4) is 0 Å². The normalized spacial score (nSPS) is 8.90. The molecular formula is C6H5ClN3+. The van der Waals surface area contributed by atoms with Crippen molar-refractivity contribution < 1.29 is 0 Å². The van der Waals surface area contributed by atoms with E-state index >= 15 is 0 Å². The minimum Gasteiger partial charge on any atom is -0.252 e. The van der Waals surface area contributed by atoms with Crippen LogP contribution in [0.3, 0.4) is 0 Å². The van der Waals surface area contributed by atoms with Crippen LogP contribution in [0.4, 0.5) is 5.69 Å². The van der Waals surface area contributed by atoms with E-state index in [4.69, 9.17) is 17.0 Å². The maximum Gasteiger partial charge on any atom is 0.404 e. The summed E-state index contributed by atoms with van der Waals surface area (Å²) in [6.07, 6.45) is 1.45. The molecule has 0 N–H and O–H groups in total. The minimum atomic E-state index is 0.371. The first kappa shape index (κ1) is 6.97. The number of hydrogen-bond acceptors (Lipinski definition) is 2. The molecular weight excluding hydrogens is 150 g/mol. The first-order chi connectivity index (χ1) is 4.74. The summed E-state index contributed by atoms with van der Waals surface area (Å²) in [5.74, 6) is 0. The average Bonchev–Trinajstić information content (AvgIpc) is 1.95. The van der Waals surface area contributed by atoms with Crippen molar-refractivity contribution in [1.29, 1.82) is 5.39 Å². The van der Waals surface area contributed by atoms with Crippen molar-refractivity contribution in [3.05, 3.63) is 28.0 Å². The molecule has 0 fully saturated rings. The Morgan fingerprint density at radius 3 is 2.90 bits per heavy atom. The van der Waals surface area contributed by atoms with Gasteiger partial charge in [-0.1, -0.05) is 11.6 Å². The molecule has 0 spiro atoms. The second-order valence-electron chi connectivity index (χ2n) is 1.86. The third kappa shape index (κ3) is 1.23. The summed E-state index contributed by atoms with van der Waals surface area (Å²) in [5, 5.41) is 8.79. The van der Waals surface area contributed by atoms with E-state index in [9.17, 15) is 0 Å². The van der Waals surface area contributed by atoms with E-state index in [1.54, 1.807) is 13.0 Å². The van der Waals surface area contributed by atoms with E-state index in [0.29, 0.717) is 10.7 Å². The molecule has 3 nitrogen and oxygen atoms in total. The lowest BCUT2D eigenvalue weighted by molar-refractivity contribution is 1.20. The van der Waals surface area contributed by atoms with Gasteiger partial charge in [0.05, 0.1) is 16.8 Å².